The fraction of sp³-hybridized carbons (Fsp3) is 0.700. The Kier molecular flexibility index (Phi) is 3.82. The fourth-order valence-electron chi connectivity index (χ4n) is 1.10. The summed E-state index contributed by atoms with van der Waals surface area (Å²) in [4.78, 5) is 15.7. The minimum Gasteiger partial charge on any atom is -0.348 e. The van der Waals surface area contributed by atoms with Crippen molar-refractivity contribution in [1.82, 2.24) is 20.5 Å². The predicted octanol–water partition coefficient (Wildman–Crippen LogP) is 1.02. The van der Waals surface area contributed by atoms with Crippen LogP contribution in [0.1, 0.15) is 32.4 Å². The highest BCUT2D eigenvalue weighted by atomic mass is 16.1. The van der Waals surface area contributed by atoms with Crippen molar-refractivity contribution in [1.29, 1.82) is 0 Å². The number of nitrogens with zero attached hydrogens (tertiary/aromatic N) is 2. The van der Waals surface area contributed by atoms with E-state index in [2.05, 4.69) is 20.5 Å². The Bertz CT molecular complexity index is 332. The highest BCUT2D eigenvalue weighted by molar-refractivity contribution is 5.78. The lowest BCUT2D eigenvalue weighted by atomic mass is 9.97. The molecule has 1 rings (SSSR count). The fourth-order valence-corrected chi connectivity index (χ4v) is 1.10. The summed E-state index contributed by atoms with van der Waals surface area (Å²) in [5.41, 5.74) is 0. The smallest absolute Gasteiger partial charge is 0.223 e. The van der Waals surface area contributed by atoms with Crippen LogP contribution in [0.15, 0.2) is 0 Å². The SMILES string of the molecule is Cc1nc(CNC(=O)C(C)C(C)C)n[nH]1. The molecule has 2 N–H and O–H groups in total. The van der Waals surface area contributed by atoms with Crippen LogP contribution in [0.4, 0.5) is 0 Å². The van der Waals surface area contributed by atoms with Crippen LogP contribution >= 0.6 is 0 Å². The quantitative estimate of drug-likeness (QED) is 0.779. The predicted molar refractivity (Wildman–Crippen MR) is 57.0 cm³/mol. The molecule has 0 saturated heterocycles. The lowest BCUT2D eigenvalue weighted by molar-refractivity contribution is -0.125. The van der Waals surface area contributed by atoms with E-state index in [1.807, 2.05) is 27.7 Å². The molecule has 0 spiro atoms. The van der Waals surface area contributed by atoms with Gasteiger partial charge >= 0.3 is 0 Å². The summed E-state index contributed by atoms with van der Waals surface area (Å²) in [7, 11) is 0. The van der Waals surface area contributed by atoms with Gasteiger partial charge in [-0.25, -0.2) is 4.98 Å². The van der Waals surface area contributed by atoms with E-state index in [-0.39, 0.29) is 11.8 Å². The highest BCUT2D eigenvalue weighted by Gasteiger charge is 2.16. The minimum atomic E-state index is 0.0186. The largest absolute Gasteiger partial charge is 0.348 e. The van der Waals surface area contributed by atoms with Crippen molar-refractivity contribution in [2.75, 3.05) is 0 Å². The number of carbonyl (C=O) groups is 1. The molecule has 0 aliphatic carbocycles. The van der Waals surface area contributed by atoms with Crippen molar-refractivity contribution in [3.8, 4) is 0 Å². The van der Waals surface area contributed by atoms with E-state index in [9.17, 15) is 4.79 Å². The van der Waals surface area contributed by atoms with Gasteiger partial charge < -0.3 is 5.32 Å². The second-order valence-electron chi connectivity index (χ2n) is 4.09. The number of amides is 1. The van der Waals surface area contributed by atoms with Gasteiger partial charge in [0.1, 0.15) is 5.82 Å². The minimum absolute atomic E-state index is 0.0186. The molecule has 5 heteroatoms. The zero-order chi connectivity index (χ0) is 11.4. The summed E-state index contributed by atoms with van der Waals surface area (Å²) >= 11 is 0. The topological polar surface area (TPSA) is 70.7 Å². The Morgan fingerprint density at radius 1 is 1.47 bits per heavy atom. The van der Waals surface area contributed by atoms with E-state index in [4.69, 9.17) is 0 Å². The molecule has 0 fully saturated rings. The number of hydrogen-bond donors (Lipinski definition) is 2. The molecule has 0 aromatic carbocycles. The number of nitrogens with one attached hydrogen (secondary N) is 2. The van der Waals surface area contributed by atoms with E-state index in [1.165, 1.54) is 0 Å². The number of aromatic nitrogens is 3. The summed E-state index contributed by atoms with van der Waals surface area (Å²) in [6, 6.07) is 0. The Morgan fingerprint density at radius 3 is 2.60 bits per heavy atom. The van der Waals surface area contributed by atoms with Crippen molar-refractivity contribution in [3.05, 3.63) is 11.6 Å². The van der Waals surface area contributed by atoms with E-state index >= 15 is 0 Å². The molecule has 1 heterocycles. The molecular formula is C10H18N4O. The molecule has 1 amide bonds. The first-order valence-corrected chi connectivity index (χ1v) is 5.16. The molecule has 0 aliphatic rings. The van der Waals surface area contributed by atoms with Gasteiger partial charge in [-0.15, -0.1) is 0 Å². The zero-order valence-electron chi connectivity index (χ0n) is 9.66. The highest BCUT2D eigenvalue weighted by Crippen LogP contribution is 2.09. The Labute approximate surface area is 89.7 Å². The lowest BCUT2D eigenvalue weighted by Gasteiger charge is -2.14. The normalized spacial score (nSPS) is 12.9. The lowest BCUT2D eigenvalue weighted by Crippen LogP contribution is -2.31. The third kappa shape index (κ3) is 3.34. The summed E-state index contributed by atoms with van der Waals surface area (Å²) in [6.45, 7) is 8.20. The molecule has 0 radical (unpaired) electrons. The van der Waals surface area contributed by atoms with Gasteiger partial charge in [0.15, 0.2) is 5.82 Å². The van der Waals surface area contributed by atoms with Gasteiger partial charge in [-0.3, -0.25) is 9.89 Å². The van der Waals surface area contributed by atoms with Crippen molar-refractivity contribution in [2.24, 2.45) is 11.8 Å². The Hall–Kier alpha value is -1.39. The molecule has 1 aromatic rings. The maximum Gasteiger partial charge on any atom is 0.223 e. The first-order valence-electron chi connectivity index (χ1n) is 5.16. The molecular weight excluding hydrogens is 192 g/mol. The van der Waals surface area contributed by atoms with Gasteiger partial charge in [0.05, 0.1) is 6.54 Å². The van der Waals surface area contributed by atoms with Crippen LogP contribution in [-0.4, -0.2) is 21.1 Å². The van der Waals surface area contributed by atoms with Gasteiger partial charge in [-0.05, 0) is 12.8 Å². The standard InChI is InChI=1S/C10H18N4O/c1-6(2)7(3)10(15)11-5-9-12-8(4)13-14-9/h6-7H,5H2,1-4H3,(H,11,15)(H,12,13,14). The Morgan fingerprint density at radius 2 is 2.13 bits per heavy atom. The first-order chi connectivity index (χ1) is 7.00. The van der Waals surface area contributed by atoms with Crippen molar-refractivity contribution >= 4 is 5.91 Å². The number of carbonyl (C=O) groups excluding carboxylic acids is 1. The van der Waals surface area contributed by atoms with E-state index in [0.29, 0.717) is 18.3 Å². The van der Waals surface area contributed by atoms with Crippen LogP contribution in [0.25, 0.3) is 0 Å². The van der Waals surface area contributed by atoms with Gasteiger partial charge in [-0.2, -0.15) is 5.10 Å². The molecule has 15 heavy (non-hydrogen) atoms. The van der Waals surface area contributed by atoms with Crippen LogP contribution in [0.3, 0.4) is 0 Å². The van der Waals surface area contributed by atoms with Crippen LogP contribution in [0.5, 0.6) is 0 Å². The summed E-state index contributed by atoms with van der Waals surface area (Å²) in [5, 5.41) is 9.48. The third-order valence-corrected chi connectivity index (χ3v) is 2.48. The maximum absolute atomic E-state index is 11.6. The average molecular weight is 210 g/mol. The summed E-state index contributed by atoms with van der Waals surface area (Å²) < 4.78 is 0. The van der Waals surface area contributed by atoms with Gasteiger partial charge in [0, 0.05) is 5.92 Å². The number of aromatic amines is 1. The van der Waals surface area contributed by atoms with E-state index in [1.54, 1.807) is 0 Å². The molecule has 1 unspecified atom stereocenters. The van der Waals surface area contributed by atoms with Crippen LogP contribution < -0.4 is 5.32 Å². The van der Waals surface area contributed by atoms with Crippen molar-refractivity contribution < 1.29 is 4.79 Å². The number of H-pyrrole nitrogens is 1. The van der Waals surface area contributed by atoms with Gasteiger partial charge in [0.2, 0.25) is 5.91 Å². The molecule has 1 atom stereocenters. The van der Waals surface area contributed by atoms with Crippen LogP contribution in [-0.2, 0) is 11.3 Å². The molecule has 0 saturated carbocycles. The van der Waals surface area contributed by atoms with E-state index in [0.717, 1.165) is 5.82 Å². The zero-order valence-corrected chi connectivity index (χ0v) is 9.66. The second-order valence-corrected chi connectivity index (χ2v) is 4.09. The van der Waals surface area contributed by atoms with Crippen LogP contribution in [0.2, 0.25) is 0 Å². The molecule has 1 aromatic heterocycles. The first kappa shape index (κ1) is 11.7. The second kappa shape index (κ2) is 4.91. The maximum atomic E-state index is 11.6. The van der Waals surface area contributed by atoms with E-state index < -0.39 is 0 Å². The Balaban J connectivity index is 2.40. The molecule has 0 aliphatic heterocycles. The number of aryl methyl sites for hydroxylation is 1. The van der Waals surface area contributed by atoms with Gasteiger partial charge in [0.25, 0.3) is 0 Å². The van der Waals surface area contributed by atoms with Gasteiger partial charge in [-0.1, -0.05) is 20.8 Å². The summed E-state index contributed by atoms with van der Waals surface area (Å²) in [5.74, 6) is 1.80. The molecule has 84 valence electrons. The molecule has 5 nitrogen and oxygen atoms in total. The average Bonchev–Trinajstić information content (AvgIpc) is 2.59. The van der Waals surface area contributed by atoms with Crippen LogP contribution in [0, 0.1) is 18.8 Å². The monoisotopic (exact) mass is 210 g/mol. The number of rotatable bonds is 4. The van der Waals surface area contributed by atoms with Crippen molar-refractivity contribution in [3.63, 3.8) is 0 Å². The van der Waals surface area contributed by atoms with Crippen molar-refractivity contribution in [2.45, 2.75) is 34.2 Å². The number of hydrogen-bond acceptors (Lipinski definition) is 3. The third-order valence-electron chi connectivity index (χ3n) is 2.48. The molecule has 0 bridgehead atoms. The summed E-state index contributed by atoms with van der Waals surface area (Å²) in [6.07, 6.45) is 0.